The minimum atomic E-state index is -2.90. The molecule has 0 aliphatic heterocycles. The molecule has 0 spiro atoms. The maximum absolute atomic E-state index is 12.0. The number of carbonyl (C=O) groups excluding carboxylic acids is 2. The highest BCUT2D eigenvalue weighted by atomic mass is 19.3. The first-order valence-electron chi connectivity index (χ1n) is 7.43. The topological polar surface area (TPSA) is 79.5 Å². The minimum absolute atomic E-state index is 0.00795. The number of anilines is 1. The zero-order valence-corrected chi connectivity index (χ0v) is 13.2. The fraction of sp³-hybridized carbons (Fsp3) is 0.176. The van der Waals surface area contributed by atoms with Crippen LogP contribution < -0.4 is 20.7 Å². The summed E-state index contributed by atoms with van der Waals surface area (Å²) in [5.41, 5.74) is 1.34. The van der Waals surface area contributed by atoms with E-state index in [2.05, 4.69) is 20.7 Å². The number of hydrogen-bond donors (Lipinski definition) is 3. The van der Waals surface area contributed by atoms with Crippen molar-refractivity contribution in [2.45, 2.75) is 13.2 Å². The zero-order chi connectivity index (χ0) is 18.1. The molecule has 0 radical (unpaired) electrons. The molecule has 0 unspecified atom stereocenters. The fourth-order valence-corrected chi connectivity index (χ4v) is 1.93. The molecule has 25 heavy (non-hydrogen) atoms. The van der Waals surface area contributed by atoms with Crippen molar-refractivity contribution in [2.24, 2.45) is 0 Å². The van der Waals surface area contributed by atoms with Crippen molar-refractivity contribution in [2.75, 3.05) is 11.9 Å². The summed E-state index contributed by atoms with van der Waals surface area (Å²) in [6.45, 7) is -2.78. The monoisotopic (exact) mass is 349 g/mol. The molecule has 0 heterocycles. The molecule has 0 aromatic heterocycles. The van der Waals surface area contributed by atoms with Crippen LogP contribution in [0.2, 0.25) is 0 Å². The minimum Gasteiger partial charge on any atom is -0.435 e. The molecule has 3 amide bonds. The third-order valence-corrected chi connectivity index (χ3v) is 3.07. The predicted octanol–water partition coefficient (Wildman–Crippen LogP) is 2.73. The fourth-order valence-electron chi connectivity index (χ4n) is 1.93. The normalized spacial score (nSPS) is 10.2. The molecular formula is C17H17F2N3O3. The second-order valence-corrected chi connectivity index (χ2v) is 4.97. The molecule has 0 aliphatic carbocycles. The smallest absolute Gasteiger partial charge is 0.387 e. The van der Waals surface area contributed by atoms with Crippen LogP contribution in [-0.2, 0) is 11.3 Å². The van der Waals surface area contributed by atoms with Crippen molar-refractivity contribution in [3.63, 3.8) is 0 Å². The first-order chi connectivity index (χ1) is 12.0. The van der Waals surface area contributed by atoms with Gasteiger partial charge in [0.05, 0.1) is 6.54 Å². The van der Waals surface area contributed by atoms with Crippen molar-refractivity contribution in [3.05, 3.63) is 60.2 Å². The molecule has 2 aromatic carbocycles. The average molecular weight is 349 g/mol. The van der Waals surface area contributed by atoms with Crippen LogP contribution in [0.3, 0.4) is 0 Å². The Morgan fingerprint density at radius 1 is 0.960 bits per heavy atom. The van der Waals surface area contributed by atoms with E-state index in [-0.39, 0.29) is 12.3 Å². The van der Waals surface area contributed by atoms with Crippen molar-refractivity contribution in [1.82, 2.24) is 10.6 Å². The highest BCUT2D eigenvalue weighted by molar-refractivity contribution is 5.94. The Labute approximate surface area is 143 Å². The van der Waals surface area contributed by atoms with Crippen LogP contribution in [0.1, 0.15) is 5.56 Å². The van der Waals surface area contributed by atoms with Crippen molar-refractivity contribution in [3.8, 4) is 5.75 Å². The average Bonchev–Trinajstić information content (AvgIpc) is 2.60. The Morgan fingerprint density at radius 2 is 1.64 bits per heavy atom. The second-order valence-electron chi connectivity index (χ2n) is 4.97. The highest BCUT2D eigenvalue weighted by Crippen LogP contribution is 2.17. The number of hydrogen-bond acceptors (Lipinski definition) is 3. The van der Waals surface area contributed by atoms with Crippen LogP contribution in [-0.4, -0.2) is 25.1 Å². The molecule has 132 valence electrons. The molecule has 8 heteroatoms. The number of benzene rings is 2. The lowest BCUT2D eigenvalue weighted by molar-refractivity contribution is -0.115. The molecule has 0 fully saturated rings. The van der Waals surface area contributed by atoms with Gasteiger partial charge in [0.2, 0.25) is 5.91 Å². The number of urea groups is 1. The zero-order valence-electron chi connectivity index (χ0n) is 13.2. The van der Waals surface area contributed by atoms with E-state index in [1.54, 1.807) is 0 Å². The Kier molecular flexibility index (Phi) is 6.70. The van der Waals surface area contributed by atoms with Gasteiger partial charge in [0.1, 0.15) is 5.75 Å². The van der Waals surface area contributed by atoms with E-state index in [4.69, 9.17) is 0 Å². The number of carbonyl (C=O) groups is 2. The molecule has 0 bridgehead atoms. The third kappa shape index (κ3) is 6.86. The highest BCUT2D eigenvalue weighted by Gasteiger charge is 2.07. The summed E-state index contributed by atoms with van der Waals surface area (Å²) in [7, 11) is 0. The van der Waals surface area contributed by atoms with Crippen LogP contribution in [0.4, 0.5) is 19.3 Å². The van der Waals surface area contributed by atoms with Crippen molar-refractivity contribution >= 4 is 17.6 Å². The number of ether oxygens (including phenoxy) is 1. The summed E-state index contributed by atoms with van der Waals surface area (Å²) in [5, 5.41) is 7.58. The summed E-state index contributed by atoms with van der Waals surface area (Å²) >= 11 is 0. The molecule has 2 rings (SSSR count). The molecule has 6 nitrogen and oxygen atoms in total. The van der Waals surface area contributed by atoms with E-state index < -0.39 is 18.5 Å². The number of amides is 3. The standard InChI is InChI=1S/C17H17F2N3O3/c18-16(19)25-14-8-6-13(7-9-14)22-15(23)11-21-17(24)20-10-12-4-2-1-3-5-12/h1-9,16H,10-11H2,(H,22,23)(H2,20,21,24). The Balaban J connectivity index is 1.70. The summed E-state index contributed by atoms with van der Waals surface area (Å²) in [4.78, 5) is 23.4. The number of rotatable bonds is 7. The van der Waals surface area contributed by atoms with Crippen molar-refractivity contribution in [1.29, 1.82) is 0 Å². The molecule has 0 saturated heterocycles. The molecule has 0 saturated carbocycles. The van der Waals surface area contributed by atoms with Gasteiger partial charge in [0, 0.05) is 12.2 Å². The maximum atomic E-state index is 12.0. The maximum Gasteiger partial charge on any atom is 0.387 e. The quantitative estimate of drug-likeness (QED) is 0.719. The summed E-state index contributed by atoms with van der Waals surface area (Å²) in [6.07, 6.45) is 0. The molecule has 2 aromatic rings. The molecule has 0 aliphatic rings. The van der Waals surface area contributed by atoms with Gasteiger partial charge in [-0.2, -0.15) is 8.78 Å². The summed E-state index contributed by atoms with van der Waals surface area (Å²) in [5.74, 6) is -0.455. The first-order valence-corrected chi connectivity index (χ1v) is 7.43. The van der Waals surface area contributed by atoms with Crippen LogP contribution in [0.25, 0.3) is 0 Å². The second kappa shape index (κ2) is 9.21. The van der Waals surface area contributed by atoms with Gasteiger partial charge in [-0.05, 0) is 29.8 Å². The van der Waals surface area contributed by atoms with Gasteiger partial charge in [-0.3, -0.25) is 4.79 Å². The first kappa shape index (κ1) is 18.2. The lowest BCUT2D eigenvalue weighted by atomic mass is 10.2. The van der Waals surface area contributed by atoms with Gasteiger partial charge in [0.25, 0.3) is 0 Å². The van der Waals surface area contributed by atoms with Crippen LogP contribution >= 0.6 is 0 Å². The van der Waals surface area contributed by atoms with Gasteiger partial charge in [-0.15, -0.1) is 0 Å². The van der Waals surface area contributed by atoms with Gasteiger partial charge < -0.3 is 20.7 Å². The molecular weight excluding hydrogens is 332 g/mol. The van der Waals surface area contributed by atoms with Gasteiger partial charge in [-0.25, -0.2) is 4.79 Å². The van der Waals surface area contributed by atoms with E-state index in [1.807, 2.05) is 30.3 Å². The van der Waals surface area contributed by atoms with Gasteiger partial charge >= 0.3 is 12.6 Å². The lowest BCUT2D eigenvalue weighted by Crippen LogP contribution is -2.39. The van der Waals surface area contributed by atoms with E-state index in [0.29, 0.717) is 12.2 Å². The Hall–Kier alpha value is -3.16. The van der Waals surface area contributed by atoms with Crippen LogP contribution in [0, 0.1) is 0 Å². The van der Waals surface area contributed by atoms with Crippen LogP contribution in [0.5, 0.6) is 5.75 Å². The summed E-state index contributed by atoms with van der Waals surface area (Å²) in [6, 6.07) is 14.3. The third-order valence-electron chi connectivity index (χ3n) is 3.07. The lowest BCUT2D eigenvalue weighted by Gasteiger charge is -2.09. The SMILES string of the molecule is O=C(CNC(=O)NCc1ccccc1)Nc1ccc(OC(F)F)cc1. The van der Waals surface area contributed by atoms with E-state index in [1.165, 1.54) is 24.3 Å². The Morgan fingerprint density at radius 3 is 2.28 bits per heavy atom. The van der Waals surface area contributed by atoms with Crippen molar-refractivity contribution < 1.29 is 23.1 Å². The van der Waals surface area contributed by atoms with Gasteiger partial charge in [-0.1, -0.05) is 30.3 Å². The van der Waals surface area contributed by atoms with Gasteiger partial charge in [0.15, 0.2) is 0 Å². The Bertz CT molecular complexity index is 694. The van der Waals surface area contributed by atoms with E-state index >= 15 is 0 Å². The molecule has 3 N–H and O–H groups in total. The van der Waals surface area contributed by atoms with E-state index in [0.717, 1.165) is 5.56 Å². The number of alkyl halides is 2. The van der Waals surface area contributed by atoms with E-state index in [9.17, 15) is 18.4 Å². The predicted molar refractivity (Wildman–Crippen MR) is 88.4 cm³/mol. The largest absolute Gasteiger partial charge is 0.435 e. The van der Waals surface area contributed by atoms with Crippen LogP contribution in [0.15, 0.2) is 54.6 Å². The molecule has 0 atom stereocenters. The number of halogens is 2. The summed E-state index contributed by atoms with van der Waals surface area (Å²) < 4.78 is 28.3. The number of nitrogens with one attached hydrogen (secondary N) is 3.